The predicted octanol–water partition coefficient (Wildman–Crippen LogP) is 1.49. The van der Waals surface area contributed by atoms with Crippen LogP contribution in [0.25, 0.3) is 0 Å². The van der Waals surface area contributed by atoms with Crippen molar-refractivity contribution in [1.82, 2.24) is 5.32 Å². The number of carboxylic acids is 1. The van der Waals surface area contributed by atoms with E-state index < -0.39 is 23.2 Å². The highest BCUT2D eigenvalue weighted by molar-refractivity contribution is 5.88. The number of carbonyl (C=O) groups excluding carboxylic acids is 1. The van der Waals surface area contributed by atoms with Gasteiger partial charge in [-0.05, 0) is 30.9 Å². The molecule has 0 saturated heterocycles. The zero-order valence-electron chi connectivity index (χ0n) is 9.78. The average Bonchev–Trinajstić information content (AvgIpc) is 2.26. The number of carbonyl (C=O) groups is 2. The monoisotopic (exact) mass is 251 g/mol. The molecule has 0 radical (unpaired) electrons. The van der Waals surface area contributed by atoms with Crippen LogP contribution in [0.3, 0.4) is 0 Å². The van der Waals surface area contributed by atoms with Crippen LogP contribution in [0.4, 0.5) is 4.39 Å². The van der Waals surface area contributed by atoms with E-state index in [2.05, 4.69) is 5.32 Å². The summed E-state index contributed by atoms with van der Waals surface area (Å²) in [4.78, 5) is 22.8. The fourth-order valence-corrected chi connectivity index (χ4v) is 2.05. The lowest BCUT2D eigenvalue weighted by Gasteiger charge is -2.38. The number of rotatable bonds is 4. The summed E-state index contributed by atoms with van der Waals surface area (Å²) in [6, 6.07) is 5.98. The Morgan fingerprint density at radius 3 is 2.50 bits per heavy atom. The number of hydrogen-bond donors (Lipinski definition) is 2. The van der Waals surface area contributed by atoms with Crippen molar-refractivity contribution < 1.29 is 19.1 Å². The highest BCUT2D eigenvalue weighted by Gasteiger charge is 2.45. The van der Waals surface area contributed by atoms with Crippen LogP contribution in [0.15, 0.2) is 24.3 Å². The Morgan fingerprint density at radius 1 is 1.33 bits per heavy atom. The van der Waals surface area contributed by atoms with E-state index in [0.717, 1.165) is 6.42 Å². The average molecular weight is 251 g/mol. The summed E-state index contributed by atoms with van der Waals surface area (Å²) in [5.74, 6) is -1.93. The van der Waals surface area contributed by atoms with E-state index in [9.17, 15) is 14.0 Å². The Morgan fingerprint density at radius 2 is 2.00 bits per heavy atom. The Labute approximate surface area is 104 Å². The summed E-state index contributed by atoms with van der Waals surface area (Å²) in [5, 5.41) is 11.6. The normalized spacial score (nSPS) is 16.7. The van der Waals surface area contributed by atoms with Gasteiger partial charge < -0.3 is 10.4 Å². The van der Waals surface area contributed by atoms with Crippen molar-refractivity contribution in [3.63, 3.8) is 0 Å². The molecule has 4 nitrogen and oxygen atoms in total. The maximum atomic E-state index is 13.3. The molecule has 1 amide bonds. The van der Waals surface area contributed by atoms with Gasteiger partial charge in [0.15, 0.2) is 0 Å². The SMILES string of the molecule is O=C(Cc1ccccc1F)NC1(C(=O)O)CCC1. The molecule has 2 rings (SSSR count). The lowest BCUT2D eigenvalue weighted by molar-refractivity contribution is -0.151. The maximum Gasteiger partial charge on any atom is 0.329 e. The van der Waals surface area contributed by atoms with Crippen LogP contribution in [0.5, 0.6) is 0 Å². The minimum Gasteiger partial charge on any atom is -0.480 e. The molecule has 5 heteroatoms. The van der Waals surface area contributed by atoms with Gasteiger partial charge in [-0.2, -0.15) is 0 Å². The summed E-state index contributed by atoms with van der Waals surface area (Å²) in [6.45, 7) is 0. The van der Waals surface area contributed by atoms with Crippen LogP contribution in [-0.4, -0.2) is 22.5 Å². The first-order valence-electron chi connectivity index (χ1n) is 5.81. The van der Waals surface area contributed by atoms with E-state index >= 15 is 0 Å². The first kappa shape index (κ1) is 12.5. The molecule has 1 aliphatic carbocycles. The first-order valence-corrected chi connectivity index (χ1v) is 5.81. The molecule has 18 heavy (non-hydrogen) atoms. The van der Waals surface area contributed by atoms with Crippen LogP contribution in [0.1, 0.15) is 24.8 Å². The van der Waals surface area contributed by atoms with Crippen molar-refractivity contribution in [2.75, 3.05) is 0 Å². The maximum absolute atomic E-state index is 13.3. The van der Waals surface area contributed by atoms with E-state index in [0.29, 0.717) is 12.8 Å². The summed E-state index contributed by atoms with van der Waals surface area (Å²) in [6.07, 6.45) is 1.52. The molecule has 0 heterocycles. The van der Waals surface area contributed by atoms with Gasteiger partial charge in [-0.1, -0.05) is 18.2 Å². The van der Waals surface area contributed by atoms with Crippen LogP contribution in [-0.2, 0) is 16.0 Å². The van der Waals surface area contributed by atoms with Gasteiger partial charge >= 0.3 is 5.97 Å². The highest BCUT2D eigenvalue weighted by atomic mass is 19.1. The zero-order valence-corrected chi connectivity index (χ0v) is 9.78. The summed E-state index contributed by atoms with van der Waals surface area (Å²) in [7, 11) is 0. The van der Waals surface area contributed by atoms with E-state index in [1.54, 1.807) is 12.1 Å². The molecule has 1 fully saturated rings. The van der Waals surface area contributed by atoms with Crippen molar-refractivity contribution in [3.05, 3.63) is 35.6 Å². The van der Waals surface area contributed by atoms with E-state index in [1.165, 1.54) is 12.1 Å². The highest BCUT2D eigenvalue weighted by Crippen LogP contribution is 2.32. The minimum atomic E-state index is -1.14. The van der Waals surface area contributed by atoms with Gasteiger partial charge in [0, 0.05) is 0 Å². The molecule has 0 aromatic heterocycles. The molecule has 2 N–H and O–H groups in total. The molecule has 1 saturated carbocycles. The molecule has 0 unspecified atom stereocenters. The number of halogens is 1. The third-order valence-corrected chi connectivity index (χ3v) is 3.30. The second kappa shape index (κ2) is 4.76. The molecule has 0 aliphatic heterocycles. The van der Waals surface area contributed by atoms with Crippen molar-refractivity contribution >= 4 is 11.9 Å². The summed E-state index contributed by atoms with van der Waals surface area (Å²) >= 11 is 0. The number of aliphatic carboxylic acids is 1. The quantitative estimate of drug-likeness (QED) is 0.852. The fourth-order valence-electron chi connectivity index (χ4n) is 2.05. The number of hydrogen-bond acceptors (Lipinski definition) is 2. The van der Waals surface area contributed by atoms with E-state index in [4.69, 9.17) is 5.11 Å². The topological polar surface area (TPSA) is 66.4 Å². The number of benzene rings is 1. The minimum absolute atomic E-state index is 0.137. The van der Waals surface area contributed by atoms with Crippen LogP contribution < -0.4 is 5.32 Å². The fraction of sp³-hybridized carbons (Fsp3) is 0.385. The molecule has 0 spiro atoms. The number of amides is 1. The van der Waals surface area contributed by atoms with Crippen molar-refractivity contribution in [2.24, 2.45) is 0 Å². The van der Waals surface area contributed by atoms with Crippen molar-refractivity contribution in [3.8, 4) is 0 Å². The van der Waals surface area contributed by atoms with Gasteiger partial charge in [0.05, 0.1) is 6.42 Å². The van der Waals surface area contributed by atoms with Crippen LogP contribution in [0, 0.1) is 5.82 Å². The van der Waals surface area contributed by atoms with Gasteiger partial charge in [-0.25, -0.2) is 9.18 Å². The predicted molar refractivity (Wildman–Crippen MR) is 62.5 cm³/mol. The van der Waals surface area contributed by atoms with Crippen LogP contribution in [0.2, 0.25) is 0 Å². The molecule has 0 atom stereocenters. The molecule has 0 bridgehead atoms. The molecular formula is C13H14FNO3. The summed E-state index contributed by atoms with van der Waals surface area (Å²) < 4.78 is 13.3. The Kier molecular flexibility index (Phi) is 3.32. The lowest BCUT2D eigenvalue weighted by Crippen LogP contribution is -2.59. The summed E-state index contributed by atoms with van der Waals surface area (Å²) in [5.41, 5.74) is -0.864. The van der Waals surface area contributed by atoms with Gasteiger partial charge in [0.25, 0.3) is 0 Å². The first-order chi connectivity index (χ1) is 8.53. The Hall–Kier alpha value is -1.91. The number of carboxylic acid groups (broad SMARTS) is 1. The Balaban J connectivity index is 2.01. The molecular weight excluding hydrogens is 237 g/mol. The zero-order chi connectivity index (χ0) is 13.2. The molecule has 1 aromatic rings. The number of nitrogens with one attached hydrogen (secondary N) is 1. The largest absolute Gasteiger partial charge is 0.480 e. The van der Waals surface area contributed by atoms with Gasteiger partial charge in [-0.3, -0.25) is 4.79 Å². The lowest BCUT2D eigenvalue weighted by atomic mass is 9.76. The standard InChI is InChI=1S/C13H14FNO3/c14-10-5-2-1-4-9(10)8-11(16)15-13(12(17)18)6-3-7-13/h1-2,4-5H,3,6-8H2,(H,15,16)(H,17,18). The van der Waals surface area contributed by atoms with E-state index in [-0.39, 0.29) is 12.0 Å². The second-order valence-electron chi connectivity index (χ2n) is 4.56. The van der Waals surface area contributed by atoms with Crippen LogP contribution >= 0.6 is 0 Å². The van der Waals surface area contributed by atoms with Gasteiger partial charge in [0.2, 0.25) is 5.91 Å². The molecule has 96 valence electrons. The Bertz CT molecular complexity index is 483. The van der Waals surface area contributed by atoms with Crippen molar-refractivity contribution in [2.45, 2.75) is 31.2 Å². The third-order valence-electron chi connectivity index (χ3n) is 3.30. The van der Waals surface area contributed by atoms with Gasteiger partial charge in [-0.15, -0.1) is 0 Å². The third kappa shape index (κ3) is 2.34. The smallest absolute Gasteiger partial charge is 0.329 e. The molecule has 1 aromatic carbocycles. The van der Waals surface area contributed by atoms with Crippen molar-refractivity contribution in [1.29, 1.82) is 0 Å². The second-order valence-corrected chi connectivity index (χ2v) is 4.56. The molecule has 1 aliphatic rings. The van der Waals surface area contributed by atoms with Gasteiger partial charge in [0.1, 0.15) is 11.4 Å². The van der Waals surface area contributed by atoms with E-state index in [1.807, 2.05) is 0 Å².